The molecule has 1 aromatic heterocycles. The average Bonchev–Trinajstić information content (AvgIpc) is 2.54. The molecule has 21 heavy (non-hydrogen) atoms. The summed E-state index contributed by atoms with van der Waals surface area (Å²) in [5.41, 5.74) is 3.12. The molecule has 0 unspecified atom stereocenters. The molecule has 0 saturated carbocycles. The number of nitrogens with zero attached hydrogens (tertiary/aromatic N) is 1. The van der Waals surface area contributed by atoms with Gasteiger partial charge in [-0.2, -0.15) is 0 Å². The van der Waals surface area contributed by atoms with Crippen molar-refractivity contribution in [2.45, 2.75) is 6.61 Å². The smallest absolute Gasteiger partial charge is 0.120 e. The third kappa shape index (κ3) is 3.70. The van der Waals surface area contributed by atoms with Crippen molar-refractivity contribution >= 4 is 15.9 Å². The lowest BCUT2D eigenvalue weighted by molar-refractivity contribution is 0.306. The van der Waals surface area contributed by atoms with Crippen LogP contribution in [0.1, 0.15) is 5.56 Å². The molecule has 0 bridgehead atoms. The van der Waals surface area contributed by atoms with Gasteiger partial charge in [0, 0.05) is 5.56 Å². The maximum atomic E-state index is 5.84. The lowest BCUT2D eigenvalue weighted by atomic mass is 10.1. The topological polar surface area (TPSA) is 22.1 Å². The summed E-state index contributed by atoms with van der Waals surface area (Å²) in [6.45, 7) is 0.566. The Kier molecular flexibility index (Phi) is 4.31. The van der Waals surface area contributed by atoms with Crippen LogP contribution >= 0.6 is 15.9 Å². The van der Waals surface area contributed by atoms with Crippen molar-refractivity contribution in [2.24, 2.45) is 0 Å². The van der Waals surface area contributed by atoms with E-state index >= 15 is 0 Å². The van der Waals surface area contributed by atoms with Gasteiger partial charge in [0.15, 0.2) is 0 Å². The highest BCUT2D eigenvalue weighted by atomic mass is 79.9. The highest BCUT2D eigenvalue weighted by molar-refractivity contribution is 9.10. The Morgan fingerprint density at radius 1 is 0.857 bits per heavy atom. The molecule has 0 saturated heterocycles. The van der Waals surface area contributed by atoms with Crippen molar-refractivity contribution in [3.8, 4) is 17.0 Å². The lowest BCUT2D eigenvalue weighted by Gasteiger charge is -2.08. The van der Waals surface area contributed by atoms with Gasteiger partial charge in [0.2, 0.25) is 0 Å². The highest BCUT2D eigenvalue weighted by Gasteiger charge is 2.02. The predicted octanol–water partition coefficient (Wildman–Crippen LogP) is 5.09. The number of ether oxygens (including phenoxy) is 1. The molecule has 3 rings (SSSR count). The van der Waals surface area contributed by atoms with Crippen LogP contribution in [0.3, 0.4) is 0 Å². The second-order valence-corrected chi connectivity index (χ2v) is 5.46. The molecule has 3 heteroatoms. The van der Waals surface area contributed by atoms with Gasteiger partial charge in [0.05, 0.1) is 5.69 Å². The molecule has 3 aromatic rings. The second kappa shape index (κ2) is 6.55. The van der Waals surface area contributed by atoms with Crippen LogP contribution in [0.15, 0.2) is 77.4 Å². The highest BCUT2D eigenvalue weighted by Crippen LogP contribution is 2.24. The zero-order valence-corrected chi connectivity index (χ0v) is 13.0. The van der Waals surface area contributed by atoms with Gasteiger partial charge in [-0.15, -0.1) is 0 Å². The van der Waals surface area contributed by atoms with E-state index in [0.29, 0.717) is 6.61 Å². The van der Waals surface area contributed by atoms with Gasteiger partial charge in [-0.25, -0.2) is 4.98 Å². The molecule has 0 N–H and O–H groups in total. The lowest BCUT2D eigenvalue weighted by Crippen LogP contribution is -1.95. The standard InChI is InChI=1S/C18H14BrNO/c19-18-11-5-10-17(20-18)15-8-4-9-16(12-15)21-13-14-6-2-1-3-7-14/h1-12H,13H2. The van der Waals surface area contributed by atoms with E-state index in [0.717, 1.165) is 27.2 Å². The van der Waals surface area contributed by atoms with Crippen molar-refractivity contribution in [3.63, 3.8) is 0 Å². The van der Waals surface area contributed by atoms with Crippen LogP contribution in [-0.4, -0.2) is 4.98 Å². The number of hydrogen-bond donors (Lipinski definition) is 0. The molecule has 2 nitrogen and oxygen atoms in total. The summed E-state index contributed by atoms with van der Waals surface area (Å²) < 4.78 is 6.67. The molecular weight excluding hydrogens is 326 g/mol. The van der Waals surface area contributed by atoms with E-state index in [9.17, 15) is 0 Å². The Morgan fingerprint density at radius 3 is 2.48 bits per heavy atom. The van der Waals surface area contributed by atoms with Gasteiger partial charge in [0.1, 0.15) is 17.0 Å². The first-order chi connectivity index (χ1) is 10.3. The molecule has 0 amide bonds. The Hall–Kier alpha value is -2.13. The average molecular weight is 340 g/mol. The fourth-order valence-corrected chi connectivity index (χ4v) is 2.40. The minimum atomic E-state index is 0.566. The molecular formula is C18H14BrNO. The summed E-state index contributed by atoms with van der Waals surface area (Å²) in [7, 11) is 0. The molecule has 104 valence electrons. The van der Waals surface area contributed by atoms with Crippen LogP contribution in [0.25, 0.3) is 11.3 Å². The van der Waals surface area contributed by atoms with E-state index in [4.69, 9.17) is 4.74 Å². The van der Waals surface area contributed by atoms with Gasteiger partial charge in [0.25, 0.3) is 0 Å². The number of pyridine rings is 1. The Morgan fingerprint density at radius 2 is 1.67 bits per heavy atom. The van der Waals surface area contributed by atoms with Crippen LogP contribution in [0.5, 0.6) is 5.75 Å². The number of hydrogen-bond acceptors (Lipinski definition) is 2. The first-order valence-corrected chi connectivity index (χ1v) is 7.50. The first kappa shape index (κ1) is 13.8. The van der Waals surface area contributed by atoms with E-state index in [1.807, 2.05) is 60.7 Å². The molecule has 0 spiro atoms. The predicted molar refractivity (Wildman–Crippen MR) is 88.1 cm³/mol. The SMILES string of the molecule is Brc1cccc(-c2cccc(OCc3ccccc3)c2)n1. The Labute approximate surface area is 132 Å². The van der Waals surface area contributed by atoms with Crippen LogP contribution in [-0.2, 0) is 6.61 Å². The van der Waals surface area contributed by atoms with Crippen LogP contribution in [0, 0.1) is 0 Å². The van der Waals surface area contributed by atoms with E-state index in [1.165, 1.54) is 0 Å². The summed E-state index contributed by atoms with van der Waals surface area (Å²) >= 11 is 3.40. The first-order valence-electron chi connectivity index (χ1n) is 6.71. The summed E-state index contributed by atoms with van der Waals surface area (Å²) in [6.07, 6.45) is 0. The molecule has 0 aliphatic carbocycles. The molecule has 0 aliphatic heterocycles. The Bertz CT molecular complexity index is 728. The maximum absolute atomic E-state index is 5.84. The second-order valence-electron chi connectivity index (χ2n) is 4.65. The van der Waals surface area contributed by atoms with E-state index < -0.39 is 0 Å². The monoisotopic (exact) mass is 339 g/mol. The third-order valence-electron chi connectivity index (χ3n) is 3.09. The zero-order chi connectivity index (χ0) is 14.5. The largest absolute Gasteiger partial charge is 0.489 e. The molecule has 0 fully saturated rings. The van der Waals surface area contributed by atoms with Crippen LogP contribution < -0.4 is 4.74 Å². The van der Waals surface area contributed by atoms with Crippen LogP contribution in [0.4, 0.5) is 0 Å². The maximum Gasteiger partial charge on any atom is 0.120 e. The fraction of sp³-hybridized carbons (Fsp3) is 0.0556. The van der Waals surface area contributed by atoms with Crippen molar-refractivity contribution in [1.82, 2.24) is 4.98 Å². The summed E-state index contributed by atoms with van der Waals surface area (Å²) in [4.78, 5) is 4.46. The third-order valence-corrected chi connectivity index (χ3v) is 3.53. The zero-order valence-electron chi connectivity index (χ0n) is 11.4. The van der Waals surface area contributed by atoms with Gasteiger partial charge in [-0.1, -0.05) is 48.5 Å². The molecule has 2 aromatic carbocycles. The van der Waals surface area contributed by atoms with Gasteiger partial charge in [-0.3, -0.25) is 0 Å². The number of rotatable bonds is 4. The minimum absolute atomic E-state index is 0.566. The Balaban J connectivity index is 1.77. The van der Waals surface area contributed by atoms with Gasteiger partial charge < -0.3 is 4.74 Å². The summed E-state index contributed by atoms with van der Waals surface area (Å²) in [5, 5.41) is 0. The van der Waals surface area contributed by atoms with Gasteiger partial charge in [-0.05, 0) is 45.8 Å². The molecule has 0 radical (unpaired) electrons. The fourth-order valence-electron chi connectivity index (χ4n) is 2.06. The van der Waals surface area contributed by atoms with E-state index in [2.05, 4.69) is 33.0 Å². The molecule has 0 aliphatic rings. The van der Waals surface area contributed by atoms with Crippen molar-refractivity contribution in [3.05, 3.63) is 83.0 Å². The van der Waals surface area contributed by atoms with E-state index in [-0.39, 0.29) is 0 Å². The summed E-state index contributed by atoms with van der Waals surface area (Å²) in [5.74, 6) is 0.845. The molecule has 0 atom stereocenters. The van der Waals surface area contributed by atoms with Gasteiger partial charge >= 0.3 is 0 Å². The molecule has 1 heterocycles. The van der Waals surface area contributed by atoms with E-state index in [1.54, 1.807) is 0 Å². The normalized spacial score (nSPS) is 10.3. The van der Waals surface area contributed by atoms with Crippen molar-refractivity contribution < 1.29 is 4.74 Å². The minimum Gasteiger partial charge on any atom is -0.489 e. The summed E-state index contributed by atoms with van der Waals surface area (Å²) in [6, 6.07) is 24.0. The number of halogens is 1. The number of benzene rings is 2. The number of aromatic nitrogens is 1. The van der Waals surface area contributed by atoms with Crippen LogP contribution in [0.2, 0.25) is 0 Å². The quantitative estimate of drug-likeness (QED) is 0.617. The van der Waals surface area contributed by atoms with Crippen molar-refractivity contribution in [1.29, 1.82) is 0 Å². The van der Waals surface area contributed by atoms with Crippen molar-refractivity contribution in [2.75, 3.05) is 0 Å².